The van der Waals surface area contributed by atoms with Gasteiger partial charge in [0.25, 0.3) is 0 Å². The monoisotopic (exact) mass is 273 g/mol. The Morgan fingerprint density at radius 1 is 1.15 bits per heavy atom. The number of anilines is 3. The van der Waals surface area contributed by atoms with Crippen LogP contribution in [0.5, 0.6) is 5.75 Å². The molecule has 0 unspecified atom stereocenters. The number of rotatable bonds is 6. The summed E-state index contributed by atoms with van der Waals surface area (Å²) >= 11 is 0. The van der Waals surface area contributed by atoms with Crippen molar-refractivity contribution in [1.82, 2.24) is 15.2 Å². The Bertz CT molecular complexity index is 540. The summed E-state index contributed by atoms with van der Waals surface area (Å²) < 4.78 is 5.13. The predicted molar refractivity (Wildman–Crippen MR) is 79.7 cm³/mol. The number of hydrogen-bond acceptors (Lipinski definition) is 6. The topological polar surface area (TPSA) is 63.2 Å². The number of nitrogens with one attached hydrogen (secondary N) is 1. The third-order valence-corrected chi connectivity index (χ3v) is 2.96. The smallest absolute Gasteiger partial charge is 0.247 e. The van der Waals surface area contributed by atoms with Crippen LogP contribution in [0.2, 0.25) is 0 Å². The highest BCUT2D eigenvalue weighted by atomic mass is 16.5. The second-order valence-corrected chi connectivity index (χ2v) is 4.17. The molecule has 20 heavy (non-hydrogen) atoms. The van der Waals surface area contributed by atoms with Gasteiger partial charge in [0.2, 0.25) is 5.95 Å². The van der Waals surface area contributed by atoms with Crippen LogP contribution < -0.4 is 15.0 Å². The highest BCUT2D eigenvalue weighted by molar-refractivity contribution is 5.57. The number of hydrogen-bond donors (Lipinski definition) is 1. The molecule has 0 bridgehead atoms. The van der Waals surface area contributed by atoms with Crippen LogP contribution in [0.25, 0.3) is 0 Å². The fourth-order valence-electron chi connectivity index (χ4n) is 1.82. The molecule has 0 amide bonds. The van der Waals surface area contributed by atoms with Gasteiger partial charge in [-0.05, 0) is 38.1 Å². The Morgan fingerprint density at radius 3 is 2.45 bits per heavy atom. The molecule has 2 aromatic rings. The zero-order valence-electron chi connectivity index (χ0n) is 12.0. The summed E-state index contributed by atoms with van der Waals surface area (Å²) in [5, 5.41) is 11.2. The van der Waals surface area contributed by atoms with Crippen molar-refractivity contribution in [3.05, 3.63) is 30.5 Å². The van der Waals surface area contributed by atoms with Crippen molar-refractivity contribution >= 4 is 17.5 Å². The molecular weight excluding hydrogens is 254 g/mol. The molecule has 1 N–H and O–H groups in total. The van der Waals surface area contributed by atoms with Crippen LogP contribution in [0.4, 0.5) is 17.5 Å². The summed E-state index contributed by atoms with van der Waals surface area (Å²) in [6, 6.07) is 7.64. The third kappa shape index (κ3) is 3.34. The van der Waals surface area contributed by atoms with Gasteiger partial charge in [-0.15, -0.1) is 5.10 Å². The van der Waals surface area contributed by atoms with Crippen LogP contribution in [-0.4, -0.2) is 35.4 Å². The summed E-state index contributed by atoms with van der Waals surface area (Å²) in [7, 11) is 1.65. The Balaban J connectivity index is 2.14. The normalized spacial score (nSPS) is 10.2. The number of methoxy groups -OCH3 is 1. The van der Waals surface area contributed by atoms with Gasteiger partial charge < -0.3 is 15.0 Å². The maximum absolute atomic E-state index is 5.13. The summed E-state index contributed by atoms with van der Waals surface area (Å²) in [5.74, 6) is 2.13. The van der Waals surface area contributed by atoms with Crippen LogP contribution in [0.1, 0.15) is 13.8 Å². The number of ether oxygens (including phenoxy) is 1. The fraction of sp³-hybridized carbons (Fsp3) is 0.357. The molecule has 0 saturated heterocycles. The van der Waals surface area contributed by atoms with Crippen molar-refractivity contribution in [1.29, 1.82) is 0 Å². The number of benzene rings is 1. The van der Waals surface area contributed by atoms with Crippen molar-refractivity contribution < 1.29 is 4.74 Å². The highest BCUT2D eigenvalue weighted by Gasteiger charge is 2.07. The van der Waals surface area contributed by atoms with Crippen molar-refractivity contribution in [2.24, 2.45) is 0 Å². The second kappa shape index (κ2) is 6.70. The van der Waals surface area contributed by atoms with Crippen molar-refractivity contribution in [3.63, 3.8) is 0 Å². The number of nitrogens with zero attached hydrogens (tertiary/aromatic N) is 4. The molecule has 1 aromatic carbocycles. The van der Waals surface area contributed by atoms with Crippen LogP contribution in [0, 0.1) is 0 Å². The molecule has 0 radical (unpaired) electrons. The summed E-state index contributed by atoms with van der Waals surface area (Å²) in [4.78, 5) is 6.51. The standard InChI is InChI=1S/C14H19N5O/c1-4-19(5-2)14-17-13(10-15-18-14)16-11-6-8-12(20-3)9-7-11/h6-10H,4-5H2,1-3H3,(H,16,17,18). The van der Waals surface area contributed by atoms with Gasteiger partial charge in [0.05, 0.1) is 13.3 Å². The van der Waals surface area contributed by atoms with E-state index in [9.17, 15) is 0 Å². The molecular formula is C14H19N5O. The average molecular weight is 273 g/mol. The van der Waals surface area contributed by atoms with Gasteiger partial charge in [-0.1, -0.05) is 0 Å². The minimum atomic E-state index is 0.633. The lowest BCUT2D eigenvalue weighted by atomic mass is 10.3. The lowest BCUT2D eigenvalue weighted by Gasteiger charge is -2.18. The van der Waals surface area contributed by atoms with Gasteiger partial charge in [-0.2, -0.15) is 10.1 Å². The highest BCUT2D eigenvalue weighted by Crippen LogP contribution is 2.19. The first-order valence-corrected chi connectivity index (χ1v) is 6.62. The van der Waals surface area contributed by atoms with Crippen molar-refractivity contribution in [2.45, 2.75) is 13.8 Å². The first-order chi connectivity index (χ1) is 9.76. The van der Waals surface area contributed by atoms with Gasteiger partial charge in [-0.3, -0.25) is 0 Å². The van der Waals surface area contributed by atoms with Crippen LogP contribution in [0.3, 0.4) is 0 Å². The van der Waals surface area contributed by atoms with E-state index in [1.54, 1.807) is 13.3 Å². The van der Waals surface area contributed by atoms with Gasteiger partial charge in [-0.25, -0.2) is 0 Å². The number of aromatic nitrogens is 3. The molecule has 0 saturated carbocycles. The fourth-order valence-corrected chi connectivity index (χ4v) is 1.82. The zero-order valence-corrected chi connectivity index (χ0v) is 12.0. The summed E-state index contributed by atoms with van der Waals surface area (Å²) in [6.07, 6.45) is 1.61. The van der Waals surface area contributed by atoms with E-state index in [2.05, 4.69) is 34.3 Å². The van der Waals surface area contributed by atoms with E-state index in [0.717, 1.165) is 24.5 Å². The molecule has 6 heteroatoms. The first kappa shape index (κ1) is 14.0. The minimum Gasteiger partial charge on any atom is -0.497 e. The molecule has 0 aliphatic heterocycles. The first-order valence-electron chi connectivity index (χ1n) is 6.62. The largest absolute Gasteiger partial charge is 0.497 e. The molecule has 2 rings (SSSR count). The van der Waals surface area contributed by atoms with Crippen LogP contribution in [0.15, 0.2) is 30.5 Å². The van der Waals surface area contributed by atoms with Gasteiger partial charge in [0.15, 0.2) is 5.82 Å². The van der Waals surface area contributed by atoms with Crippen LogP contribution in [-0.2, 0) is 0 Å². The van der Waals surface area contributed by atoms with E-state index in [1.807, 2.05) is 29.2 Å². The molecule has 0 aliphatic rings. The minimum absolute atomic E-state index is 0.633. The van der Waals surface area contributed by atoms with E-state index in [1.165, 1.54) is 0 Å². The van der Waals surface area contributed by atoms with Crippen LogP contribution >= 0.6 is 0 Å². The maximum atomic E-state index is 5.13. The molecule has 1 heterocycles. The zero-order chi connectivity index (χ0) is 14.4. The quantitative estimate of drug-likeness (QED) is 0.872. The van der Waals surface area contributed by atoms with E-state index < -0.39 is 0 Å². The molecule has 0 spiro atoms. The Labute approximate surface area is 118 Å². The summed E-state index contributed by atoms with van der Waals surface area (Å²) in [5.41, 5.74) is 0.928. The van der Waals surface area contributed by atoms with E-state index in [4.69, 9.17) is 4.74 Å². The Kier molecular flexibility index (Phi) is 4.70. The molecule has 0 aliphatic carbocycles. The summed E-state index contributed by atoms with van der Waals surface area (Å²) in [6.45, 7) is 5.83. The van der Waals surface area contributed by atoms with E-state index >= 15 is 0 Å². The lowest BCUT2D eigenvalue weighted by molar-refractivity contribution is 0.415. The average Bonchev–Trinajstić information content (AvgIpc) is 2.50. The molecule has 0 fully saturated rings. The molecule has 106 valence electrons. The predicted octanol–water partition coefficient (Wildman–Crippen LogP) is 2.47. The third-order valence-electron chi connectivity index (χ3n) is 2.96. The molecule has 0 atom stereocenters. The van der Waals surface area contributed by atoms with Crippen molar-refractivity contribution in [2.75, 3.05) is 30.4 Å². The van der Waals surface area contributed by atoms with E-state index in [-0.39, 0.29) is 0 Å². The lowest BCUT2D eigenvalue weighted by Crippen LogP contribution is -2.24. The van der Waals surface area contributed by atoms with Gasteiger partial charge in [0.1, 0.15) is 5.75 Å². The molecule has 1 aromatic heterocycles. The second-order valence-electron chi connectivity index (χ2n) is 4.17. The van der Waals surface area contributed by atoms with Crippen molar-refractivity contribution in [3.8, 4) is 5.75 Å². The Hall–Kier alpha value is -2.37. The van der Waals surface area contributed by atoms with Gasteiger partial charge in [0, 0.05) is 18.8 Å². The Morgan fingerprint density at radius 2 is 1.85 bits per heavy atom. The van der Waals surface area contributed by atoms with E-state index in [0.29, 0.717) is 11.8 Å². The van der Waals surface area contributed by atoms with Gasteiger partial charge >= 0.3 is 0 Å². The SMILES string of the molecule is CCN(CC)c1nncc(Nc2ccc(OC)cc2)n1. The molecule has 6 nitrogen and oxygen atoms in total. The maximum Gasteiger partial charge on any atom is 0.247 e.